The summed E-state index contributed by atoms with van der Waals surface area (Å²) in [5.41, 5.74) is 6.97. The van der Waals surface area contributed by atoms with Gasteiger partial charge in [-0.05, 0) is 31.7 Å². The smallest absolute Gasteiger partial charge is 0.258 e. The number of nitrogens with two attached hydrogens (primary N) is 1. The molecule has 1 aliphatic heterocycles. The Labute approximate surface area is 129 Å². The molecule has 120 valence electrons. The van der Waals surface area contributed by atoms with Gasteiger partial charge in [0.05, 0.1) is 17.3 Å². The van der Waals surface area contributed by atoms with Crippen LogP contribution in [0.25, 0.3) is 11.1 Å². The lowest BCUT2D eigenvalue weighted by Gasteiger charge is -2.17. The van der Waals surface area contributed by atoms with Crippen molar-refractivity contribution in [1.82, 2.24) is 14.4 Å². The highest BCUT2D eigenvalue weighted by Crippen LogP contribution is 2.27. The largest absolute Gasteiger partial charge is 0.336 e. The zero-order valence-electron chi connectivity index (χ0n) is 12.7. The molecule has 1 aliphatic rings. The Balaban J connectivity index is 1.95. The Morgan fingerprint density at radius 1 is 1.55 bits per heavy atom. The predicted molar refractivity (Wildman–Crippen MR) is 81.7 cm³/mol. The third-order valence-corrected chi connectivity index (χ3v) is 6.11. The monoisotopic (exact) mass is 324 g/mol. The molecule has 1 fully saturated rings. The average molecular weight is 324 g/mol. The lowest BCUT2D eigenvalue weighted by molar-refractivity contribution is 0.428. The maximum Gasteiger partial charge on any atom is 0.258 e. The Hall–Kier alpha value is -1.51. The van der Waals surface area contributed by atoms with Gasteiger partial charge in [-0.15, -0.1) is 0 Å². The molecule has 7 nitrogen and oxygen atoms in total. The summed E-state index contributed by atoms with van der Waals surface area (Å²) < 4.78 is 32.1. The van der Waals surface area contributed by atoms with Gasteiger partial charge in [0.1, 0.15) is 4.90 Å². The van der Waals surface area contributed by atoms with Crippen molar-refractivity contribution < 1.29 is 12.9 Å². The molecule has 0 aliphatic carbocycles. The summed E-state index contributed by atoms with van der Waals surface area (Å²) in [4.78, 5) is 4.27. The number of hydrogen-bond donors (Lipinski definition) is 1. The van der Waals surface area contributed by atoms with Crippen LogP contribution in [0.4, 0.5) is 0 Å². The van der Waals surface area contributed by atoms with E-state index in [1.54, 1.807) is 6.07 Å². The van der Waals surface area contributed by atoms with Crippen LogP contribution in [0.1, 0.15) is 26.0 Å². The quantitative estimate of drug-likeness (QED) is 0.905. The summed E-state index contributed by atoms with van der Waals surface area (Å²) >= 11 is 0. The van der Waals surface area contributed by atoms with Gasteiger partial charge in [-0.1, -0.05) is 12.1 Å². The van der Waals surface area contributed by atoms with Crippen molar-refractivity contribution in [3.8, 4) is 0 Å². The minimum Gasteiger partial charge on any atom is -0.336 e. The molecule has 2 unspecified atom stereocenters. The van der Waals surface area contributed by atoms with Gasteiger partial charge < -0.3 is 10.3 Å². The predicted octanol–water partition coefficient (Wildman–Crippen LogP) is 1.14. The molecule has 2 N–H and O–H groups in total. The van der Waals surface area contributed by atoms with Gasteiger partial charge in [0.25, 0.3) is 5.71 Å². The van der Waals surface area contributed by atoms with Crippen molar-refractivity contribution >= 4 is 21.1 Å². The van der Waals surface area contributed by atoms with Gasteiger partial charge in [-0.3, -0.25) is 0 Å². The fourth-order valence-corrected chi connectivity index (χ4v) is 4.29. The van der Waals surface area contributed by atoms with Crippen LogP contribution in [0.3, 0.4) is 0 Å². The zero-order valence-corrected chi connectivity index (χ0v) is 13.5. The number of pyridine rings is 1. The third kappa shape index (κ3) is 2.51. The van der Waals surface area contributed by atoms with E-state index in [0.29, 0.717) is 30.6 Å². The van der Waals surface area contributed by atoms with E-state index < -0.39 is 10.0 Å². The van der Waals surface area contributed by atoms with Crippen molar-refractivity contribution in [2.45, 2.75) is 37.6 Å². The van der Waals surface area contributed by atoms with Crippen LogP contribution in [-0.4, -0.2) is 42.0 Å². The number of sulfonamides is 1. The van der Waals surface area contributed by atoms with Gasteiger partial charge in [-0.25, -0.2) is 13.4 Å². The summed E-state index contributed by atoms with van der Waals surface area (Å²) in [6.07, 6.45) is 2.79. The molecule has 0 radical (unpaired) electrons. The highest BCUT2D eigenvalue weighted by molar-refractivity contribution is 7.89. The third-order valence-electron chi connectivity index (χ3n) is 4.28. The maximum absolute atomic E-state index is 12.8. The molecule has 2 aromatic heterocycles. The number of rotatable bonds is 4. The van der Waals surface area contributed by atoms with E-state index in [4.69, 9.17) is 10.3 Å². The molecule has 0 amide bonds. The minimum atomic E-state index is -3.55. The minimum absolute atomic E-state index is 0.00873. The second kappa shape index (κ2) is 5.60. The summed E-state index contributed by atoms with van der Waals surface area (Å²) in [5, 5.41) is 4.57. The molecule has 0 saturated carbocycles. The molecule has 1 saturated heterocycles. The second-order valence-electron chi connectivity index (χ2n) is 5.78. The first-order valence-electron chi connectivity index (χ1n) is 7.43. The van der Waals surface area contributed by atoms with E-state index in [1.165, 1.54) is 10.5 Å². The highest BCUT2D eigenvalue weighted by Gasteiger charge is 2.34. The second-order valence-corrected chi connectivity index (χ2v) is 7.72. The van der Waals surface area contributed by atoms with Crippen LogP contribution >= 0.6 is 0 Å². The molecule has 2 atom stereocenters. The Kier molecular flexibility index (Phi) is 3.92. The number of hydrogen-bond acceptors (Lipinski definition) is 6. The van der Waals surface area contributed by atoms with Crippen LogP contribution in [0, 0.1) is 5.92 Å². The van der Waals surface area contributed by atoms with Gasteiger partial charge in [0.15, 0.2) is 0 Å². The van der Waals surface area contributed by atoms with E-state index in [-0.39, 0.29) is 16.9 Å². The molecule has 0 bridgehead atoms. The van der Waals surface area contributed by atoms with Crippen LogP contribution in [-0.2, 0) is 16.4 Å². The normalized spacial score (nSPS) is 21.5. The molecule has 3 rings (SSSR count). The first kappa shape index (κ1) is 15.4. The summed E-state index contributed by atoms with van der Waals surface area (Å²) in [7, 11) is -3.55. The number of fused-ring (bicyclic) bond motifs is 1. The first-order chi connectivity index (χ1) is 10.4. The van der Waals surface area contributed by atoms with Crippen molar-refractivity contribution in [2.24, 2.45) is 11.7 Å². The van der Waals surface area contributed by atoms with Crippen molar-refractivity contribution in [3.63, 3.8) is 0 Å². The van der Waals surface area contributed by atoms with Crippen molar-refractivity contribution in [2.75, 3.05) is 13.1 Å². The number of aromatic nitrogens is 2. The van der Waals surface area contributed by atoms with Crippen LogP contribution in [0.15, 0.2) is 21.7 Å². The van der Waals surface area contributed by atoms with Crippen LogP contribution < -0.4 is 5.73 Å². The SMILES string of the molecule is CCc1noc2ncc(S(=O)(=O)N3CCC(C(C)N)C3)cc12. The molecule has 3 heterocycles. The van der Waals surface area contributed by atoms with Crippen molar-refractivity contribution in [1.29, 1.82) is 0 Å². The van der Waals surface area contributed by atoms with E-state index >= 15 is 0 Å². The Bertz CT molecular complexity index is 784. The summed E-state index contributed by atoms with van der Waals surface area (Å²) in [6.45, 7) is 4.81. The van der Waals surface area contributed by atoms with E-state index in [2.05, 4.69) is 10.1 Å². The van der Waals surface area contributed by atoms with Gasteiger partial charge in [0.2, 0.25) is 10.0 Å². The molecular weight excluding hydrogens is 304 g/mol. The standard InChI is InChI=1S/C14H20N4O3S/c1-3-13-12-6-11(7-16-14(12)21-17-13)22(19,20)18-5-4-10(8-18)9(2)15/h6-7,9-10H,3-5,8,15H2,1-2H3. The highest BCUT2D eigenvalue weighted by atomic mass is 32.2. The van der Waals surface area contributed by atoms with Crippen molar-refractivity contribution in [3.05, 3.63) is 18.0 Å². The Morgan fingerprint density at radius 3 is 2.95 bits per heavy atom. The fourth-order valence-electron chi connectivity index (χ4n) is 2.81. The van der Waals surface area contributed by atoms with Gasteiger partial charge in [0, 0.05) is 19.1 Å². The van der Waals surface area contributed by atoms with E-state index in [0.717, 1.165) is 12.1 Å². The van der Waals surface area contributed by atoms with Crippen LogP contribution in [0.5, 0.6) is 0 Å². The first-order valence-corrected chi connectivity index (χ1v) is 8.87. The summed E-state index contributed by atoms with van der Waals surface area (Å²) in [6, 6.07) is 1.59. The zero-order chi connectivity index (χ0) is 15.9. The van der Waals surface area contributed by atoms with Gasteiger partial charge >= 0.3 is 0 Å². The fraction of sp³-hybridized carbons (Fsp3) is 0.571. The lowest BCUT2D eigenvalue weighted by atomic mass is 10.0. The van der Waals surface area contributed by atoms with E-state index in [9.17, 15) is 8.42 Å². The van der Waals surface area contributed by atoms with Gasteiger partial charge in [-0.2, -0.15) is 4.31 Å². The molecule has 22 heavy (non-hydrogen) atoms. The number of aryl methyl sites for hydroxylation is 1. The molecular formula is C14H20N4O3S. The van der Waals surface area contributed by atoms with Crippen LogP contribution in [0.2, 0.25) is 0 Å². The number of nitrogens with zero attached hydrogens (tertiary/aromatic N) is 3. The maximum atomic E-state index is 12.8. The topological polar surface area (TPSA) is 102 Å². The van der Waals surface area contributed by atoms with E-state index in [1.807, 2.05) is 13.8 Å². The summed E-state index contributed by atoms with van der Waals surface area (Å²) in [5.74, 6) is 0.202. The average Bonchev–Trinajstić information content (AvgIpc) is 3.13. The molecule has 0 spiro atoms. The molecule has 2 aromatic rings. The Morgan fingerprint density at radius 2 is 2.32 bits per heavy atom. The lowest BCUT2D eigenvalue weighted by Crippen LogP contribution is -2.33. The molecule has 0 aromatic carbocycles. The molecule has 8 heteroatoms.